The normalized spacial score (nSPS) is 16.0. The van der Waals surface area contributed by atoms with Crippen molar-refractivity contribution in [3.8, 4) is 0 Å². The van der Waals surface area contributed by atoms with Crippen LogP contribution < -0.4 is 11.1 Å². The summed E-state index contributed by atoms with van der Waals surface area (Å²) in [7, 11) is 0. The maximum atomic E-state index is 12.5. The predicted octanol–water partition coefficient (Wildman–Crippen LogP) is 3.42. The third-order valence-corrected chi connectivity index (χ3v) is 4.30. The maximum absolute atomic E-state index is 12.5. The highest BCUT2D eigenvalue weighted by Gasteiger charge is 2.30. The zero-order valence-corrected chi connectivity index (χ0v) is 13.3. The number of hydrogen-bond donors (Lipinski definition) is 3. The molecule has 0 spiro atoms. The number of rotatable bonds is 2. The Morgan fingerprint density at radius 1 is 1.24 bits per heavy atom. The first-order chi connectivity index (χ1) is 11.8. The second-order valence-corrected chi connectivity index (χ2v) is 6.01. The molecule has 1 aliphatic rings. The van der Waals surface area contributed by atoms with Crippen LogP contribution in [0.15, 0.2) is 30.3 Å². The van der Waals surface area contributed by atoms with Gasteiger partial charge >= 0.3 is 12.2 Å². The Balaban J connectivity index is 1.54. The molecule has 0 aliphatic carbocycles. The standard InChI is InChI=1S/C16H18F3N5O/c17-16(18,19)11-1-3-12(4-2-11)21-15(25)24-7-5-10(6-8-24)13-9-14(20)23-22-13/h1-4,9-10H,5-8H2,(H,21,25)(H3,20,22,23). The summed E-state index contributed by atoms with van der Waals surface area (Å²) < 4.78 is 37.6. The monoisotopic (exact) mass is 353 g/mol. The number of aromatic amines is 1. The molecule has 1 fully saturated rings. The largest absolute Gasteiger partial charge is 0.416 e. The van der Waals surface area contributed by atoms with E-state index in [-0.39, 0.29) is 11.9 Å². The van der Waals surface area contributed by atoms with Crippen molar-refractivity contribution >= 4 is 17.5 Å². The minimum absolute atomic E-state index is 0.264. The van der Waals surface area contributed by atoms with Crippen molar-refractivity contribution in [2.45, 2.75) is 24.9 Å². The number of halogens is 3. The summed E-state index contributed by atoms with van der Waals surface area (Å²) in [6.45, 7) is 1.10. The smallest absolute Gasteiger partial charge is 0.382 e. The highest BCUT2D eigenvalue weighted by Crippen LogP contribution is 2.30. The van der Waals surface area contributed by atoms with E-state index < -0.39 is 11.7 Å². The summed E-state index contributed by atoms with van der Waals surface area (Å²) >= 11 is 0. The predicted molar refractivity (Wildman–Crippen MR) is 87.0 cm³/mol. The molecule has 1 aliphatic heterocycles. The lowest BCUT2D eigenvalue weighted by atomic mass is 9.94. The molecule has 2 aromatic rings. The summed E-state index contributed by atoms with van der Waals surface area (Å²) in [5, 5.41) is 9.42. The summed E-state index contributed by atoms with van der Waals surface area (Å²) in [4.78, 5) is 13.9. The van der Waals surface area contributed by atoms with E-state index in [4.69, 9.17) is 5.73 Å². The molecular formula is C16H18F3N5O. The number of urea groups is 1. The average molecular weight is 353 g/mol. The molecule has 1 aromatic heterocycles. The van der Waals surface area contributed by atoms with Crippen LogP contribution >= 0.6 is 0 Å². The van der Waals surface area contributed by atoms with Crippen LogP contribution in [0.3, 0.4) is 0 Å². The molecule has 0 saturated carbocycles. The molecule has 0 atom stereocenters. The maximum Gasteiger partial charge on any atom is 0.416 e. The third kappa shape index (κ3) is 4.04. The van der Waals surface area contributed by atoms with Crippen molar-refractivity contribution in [3.63, 3.8) is 0 Å². The van der Waals surface area contributed by atoms with Crippen molar-refractivity contribution in [1.29, 1.82) is 0 Å². The van der Waals surface area contributed by atoms with Gasteiger partial charge in [-0.1, -0.05) is 0 Å². The Labute approximate surface area is 142 Å². The number of amides is 2. The Bertz CT molecular complexity index is 733. The topological polar surface area (TPSA) is 87.0 Å². The van der Waals surface area contributed by atoms with E-state index in [0.717, 1.165) is 30.7 Å². The number of carbonyl (C=O) groups is 1. The zero-order valence-electron chi connectivity index (χ0n) is 13.3. The van der Waals surface area contributed by atoms with Crippen molar-refractivity contribution in [3.05, 3.63) is 41.6 Å². The number of nitrogens with zero attached hydrogens (tertiary/aromatic N) is 2. The summed E-state index contributed by atoms with van der Waals surface area (Å²) in [5.74, 6) is 0.706. The Kier molecular flexibility index (Phi) is 4.56. The lowest BCUT2D eigenvalue weighted by molar-refractivity contribution is -0.137. The van der Waals surface area contributed by atoms with Gasteiger partial charge in [0, 0.05) is 36.5 Å². The molecule has 1 aromatic carbocycles. The van der Waals surface area contributed by atoms with Gasteiger partial charge in [-0.2, -0.15) is 18.3 Å². The molecule has 134 valence electrons. The summed E-state index contributed by atoms with van der Waals surface area (Å²) in [6.07, 6.45) is -2.86. The highest BCUT2D eigenvalue weighted by molar-refractivity contribution is 5.89. The second kappa shape index (κ2) is 6.66. The van der Waals surface area contributed by atoms with Crippen LogP contribution in [0, 0.1) is 0 Å². The summed E-state index contributed by atoms with van der Waals surface area (Å²) in [6, 6.07) is 5.88. The van der Waals surface area contributed by atoms with E-state index in [0.29, 0.717) is 24.6 Å². The molecule has 0 unspecified atom stereocenters. The molecule has 25 heavy (non-hydrogen) atoms. The SMILES string of the molecule is Nc1cc(C2CCN(C(=O)Nc3ccc(C(F)(F)F)cc3)CC2)[nH]n1. The molecule has 9 heteroatoms. The summed E-state index contributed by atoms with van der Waals surface area (Å²) in [5.41, 5.74) is 6.14. The number of nitrogen functional groups attached to an aromatic ring is 1. The van der Waals surface area contributed by atoms with Crippen LogP contribution in [0.5, 0.6) is 0 Å². The van der Waals surface area contributed by atoms with Gasteiger partial charge in [0.2, 0.25) is 0 Å². The van der Waals surface area contributed by atoms with Gasteiger partial charge in [0.25, 0.3) is 0 Å². The van der Waals surface area contributed by atoms with Gasteiger partial charge in [0.15, 0.2) is 0 Å². The zero-order chi connectivity index (χ0) is 18.0. The van der Waals surface area contributed by atoms with E-state index in [9.17, 15) is 18.0 Å². The molecule has 6 nitrogen and oxygen atoms in total. The van der Waals surface area contributed by atoms with E-state index in [1.165, 1.54) is 12.1 Å². The van der Waals surface area contributed by atoms with Crippen molar-refractivity contribution in [2.24, 2.45) is 0 Å². The van der Waals surface area contributed by atoms with Gasteiger partial charge in [-0.3, -0.25) is 5.10 Å². The average Bonchev–Trinajstić information content (AvgIpc) is 3.01. The molecule has 4 N–H and O–H groups in total. The van der Waals surface area contributed by atoms with Gasteiger partial charge < -0.3 is 16.0 Å². The van der Waals surface area contributed by atoms with Crippen LogP contribution in [-0.2, 0) is 6.18 Å². The van der Waals surface area contributed by atoms with Gasteiger partial charge in [-0.05, 0) is 37.1 Å². The molecule has 1 saturated heterocycles. The Morgan fingerprint density at radius 2 is 1.88 bits per heavy atom. The first-order valence-electron chi connectivity index (χ1n) is 7.87. The van der Waals surface area contributed by atoms with Gasteiger partial charge in [-0.25, -0.2) is 4.79 Å². The van der Waals surface area contributed by atoms with Crippen LogP contribution in [0.25, 0.3) is 0 Å². The number of benzene rings is 1. The number of likely N-dealkylation sites (tertiary alicyclic amines) is 1. The number of piperidine rings is 1. The second-order valence-electron chi connectivity index (χ2n) is 6.01. The lowest BCUT2D eigenvalue weighted by Crippen LogP contribution is -2.40. The molecule has 0 radical (unpaired) electrons. The van der Waals surface area contributed by atoms with Crippen LogP contribution in [-0.4, -0.2) is 34.2 Å². The highest BCUT2D eigenvalue weighted by atomic mass is 19.4. The Morgan fingerprint density at radius 3 is 2.40 bits per heavy atom. The molecule has 0 bridgehead atoms. The Hall–Kier alpha value is -2.71. The number of H-pyrrole nitrogens is 1. The van der Waals surface area contributed by atoms with E-state index >= 15 is 0 Å². The van der Waals surface area contributed by atoms with Crippen LogP contribution in [0.4, 0.5) is 29.5 Å². The van der Waals surface area contributed by atoms with E-state index in [1.807, 2.05) is 0 Å². The quantitative estimate of drug-likeness (QED) is 0.773. The van der Waals surface area contributed by atoms with Crippen molar-refractivity contribution in [2.75, 3.05) is 24.1 Å². The minimum atomic E-state index is -4.39. The number of nitrogens with one attached hydrogen (secondary N) is 2. The third-order valence-electron chi connectivity index (χ3n) is 4.30. The number of carbonyl (C=O) groups excluding carboxylic acids is 1. The number of anilines is 2. The first kappa shape index (κ1) is 17.1. The number of hydrogen-bond acceptors (Lipinski definition) is 3. The van der Waals surface area contributed by atoms with Crippen LogP contribution in [0.1, 0.15) is 30.0 Å². The number of nitrogens with two attached hydrogens (primary N) is 1. The van der Waals surface area contributed by atoms with Gasteiger partial charge in [0.1, 0.15) is 5.82 Å². The lowest BCUT2D eigenvalue weighted by Gasteiger charge is -2.31. The number of aromatic nitrogens is 2. The first-order valence-corrected chi connectivity index (χ1v) is 7.87. The molecule has 2 amide bonds. The molecule has 2 heterocycles. The fourth-order valence-electron chi connectivity index (χ4n) is 2.90. The van der Waals surface area contributed by atoms with E-state index in [2.05, 4.69) is 15.5 Å². The fourth-order valence-corrected chi connectivity index (χ4v) is 2.90. The number of alkyl halides is 3. The fraction of sp³-hybridized carbons (Fsp3) is 0.375. The van der Waals surface area contributed by atoms with Crippen molar-refractivity contribution < 1.29 is 18.0 Å². The van der Waals surface area contributed by atoms with Crippen LogP contribution in [0.2, 0.25) is 0 Å². The van der Waals surface area contributed by atoms with Crippen molar-refractivity contribution in [1.82, 2.24) is 15.1 Å². The molecular weight excluding hydrogens is 335 g/mol. The molecule has 3 rings (SSSR count). The van der Waals surface area contributed by atoms with E-state index in [1.54, 1.807) is 11.0 Å². The van der Waals surface area contributed by atoms with Gasteiger partial charge in [0.05, 0.1) is 5.56 Å². The minimum Gasteiger partial charge on any atom is -0.382 e. The van der Waals surface area contributed by atoms with Gasteiger partial charge in [-0.15, -0.1) is 0 Å².